The van der Waals surface area contributed by atoms with Crippen LogP contribution in [0, 0.1) is 19.8 Å². The number of amides is 1. The lowest BCUT2D eigenvalue weighted by Gasteiger charge is -2.20. The number of nitrogens with zero attached hydrogens (tertiary/aromatic N) is 3. The van der Waals surface area contributed by atoms with E-state index >= 15 is 0 Å². The first-order valence-corrected chi connectivity index (χ1v) is 9.14. The molecule has 0 aliphatic carbocycles. The van der Waals surface area contributed by atoms with Gasteiger partial charge in [-0.1, -0.05) is 37.3 Å². The largest absolute Gasteiger partial charge is 0.496 e. The zero-order chi connectivity index (χ0) is 19.6. The van der Waals surface area contributed by atoms with Crippen LogP contribution in [-0.2, 0) is 11.3 Å². The summed E-state index contributed by atoms with van der Waals surface area (Å²) in [6, 6.07) is 11.9. The molecule has 0 aliphatic heterocycles. The Hall–Kier alpha value is -2.89. The van der Waals surface area contributed by atoms with Crippen molar-refractivity contribution in [2.45, 2.75) is 40.3 Å². The summed E-state index contributed by atoms with van der Waals surface area (Å²) in [7, 11) is 1.67. The monoisotopic (exact) mass is 366 g/mol. The smallest absolute Gasteiger partial charge is 0.225 e. The highest BCUT2D eigenvalue weighted by Gasteiger charge is 2.20. The number of aryl methyl sites for hydroxylation is 2. The van der Waals surface area contributed by atoms with Gasteiger partial charge in [0.15, 0.2) is 0 Å². The minimum Gasteiger partial charge on any atom is -0.496 e. The van der Waals surface area contributed by atoms with E-state index in [1.807, 2.05) is 58.0 Å². The van der Waals surface area contributed by atoms with Gasteiger partial charge in [0.05, 0.1) is 25.6 Å². The number of carbonyl (C=O) groups is 1. The molecule has 3 rings (SSSR count). The molecule has 0 radical (unpaired) electrons. The Morgan fingerprint density at radius 1 is 1.15 bits per heavy atom. The molecule has 0 saturated carbocycles. The average molecular weight is 366 g/mol. The average Bonchev–Trinajstić information content (AvgIpc) is 2.97. The SMILES string of the molecule is COc1ccc([C@H](C)NC(=O)[C@@H](C)Cn2nc(C)nc2C)c2ccccc12. The van der Waals surface area contributed by atoms with Crippen LogP contribution in [-0.4, -0.2) is 27.8 Å². The maximum Gasteiger partial charge on any atom is 0.225 e. The number of fused-ring (bicyclic) bond motifs is 1. The third-order valence-corrected chi connectivity index (χ3v) is 4.82. The van der Waals surface area contributed by atoms with Crippen LogP contribution in [0.2, 0.25) is 0 Å². The molecule has 0 unspecified atom stereocenters. The van der Waals surface area contributed by atoms with Crippen molar-refractivity contribution in [2.24, 2.45) is 5.92 Å². The summed E-state index contributed by atoms with van der Waals surface area (Å²) < 4.78 is 7.24. The minimum absolute atomic E-state index is 0.00467. The lowest BCUT2D eigenvalue weighted by atomic mass is 9.98. The van der Waals surface area contributed by atoms with Gasteiger partial charge in [0.2, 0.25) is 5.91 Å². The molecule has 2 aromatic carbocycles. The highest BCUT2D eigenvalue weighted by Crippen LogP contribution is 2.31. The fraction of sp³-hybridized carbons (Fsp3) is 0.381. The second-order valence-corrected chi connectivity index (χ2v) is 6.92. The summed E-state index contributed by atoms with van der Waals surface area (Å²) in [6.07, 6.45) is 0. The van der Waals surface area contributed by atoms with E-state index in [4.69, 9.17) is 4.74 Å². The molecule has 1 heterocycles. The minimum atomic E-state index is -0.211. The van der Waals surface area contributed by atoms with E-state index in [1.165, 1.54) is 0 Å². The third-order valence-electron chi connectivity index (χ3n) is 4.82. The fourth-order valence-electron chi connectivity index (χ4n) is 3.36. The zero-order valence-corrected chi connectivity index (χ0v) is 16.5. The first-order chi connectivity index (χ1) is 12.9. The van der Waals surface area contributed by atoms with Gasteiger partial charge in [0, 0.05) is 5.39 Å². The van der Waals surface area contributed by atoms with Gasteiger partial charge in [-0.15, -0.1) is 0 Å². The van der Waals surface area contributed by atoms with Crippen molar-refractivity contribution >= 4 is 16.7 Å². The Labute approximate surface area is 159 Å². The summed E-state index contributed by atoms with van der Waals surface area (Å²) in [5.41, 5.74) is 1.07. The molecule has 2 atom stereocenters. The van der Waals surface area contributed by atoms with Gasteiger partial charge in [-0.25, -0.2) is 9.67 Å². The lowest BCUT2D eigenvalue weighted by Crippen LogP contribution is -2.34. The number of rotatable bonds is 6. The summed E-state index contributed by atoms with van der Waals surface area (Å²) in [6.45, 7) is 8.17. The van der Waals surface area contributed by atoms with Crippen molar-refractivity contribution in [1.29, 1.82) is 0 Å². The van der Waals surface area contributed by atoms with Crippen LogP contribution in [0.5, 0.6) is 5.75 Å². The van der Waals surface area contributed by atoms with E-state index in [0.717, 1.165) is 33.7 Å². The van der Waals surface area contributed by atoms with Gasteiger partial charge in [-0.3, -0.25) is 4.79 Å². The van der Waals surface area contributed by atoms with Crippen molar-refractivity contribution in [1.82, 2.24) is 20.1 Å². The Morgan fingerprint density at radius 3 is 2.48 bits per heavy atom. The summed E-state index contributed by atoms with van der Waals surface area (Å²) in [4.78, 5) is 17.0. The first-order valence-electron chi connectivity index (χ1n) is 9.14. The third kappa shape index (κ3) is 3.94. The van der Waals surface area contributed by atoms with E-state index in [0.29, 0.717) is 6.54 Å². The highest BCUT2D eigenvalue weighted by molar-refractivity contribution is 5.92. The molecule has 0 saturated heterocycles. The maximum atomic E-state index is 12.7. The van der Waals surface area contributed by atoms with Crippen LogP contribution in [0.25, 0.3) is 10.8 Å². The molecule has 6 heteroatoms. The van der Waals surface area contributed by atoms with Gasteiger partial charge in [0.25, 0.3) is 0 Å². The van der Waals surface area contributed by atoms with E-state index in [2.05, 4.69) is 21.5 Å². The van der Waals surface area contributed by atoms with Crippen LogP contribution in [0.1, 0.15) is 37.1 Å². The molecule has 142 valence electrons. The molecule has 0 spiro atoms. The van der Waals surface area contributed by atoms with Gasteiger partial charge < -0.3 is 10.1 Å². The van der Waals surface area contributed by atoms with Crippen LogP contribution < -0.4 is 10.1 Å². The van der Waals surface area contributed by atoms with Crippen molar-refractivity contribution in [3.63, 3.8) is 0 Å². The quantitative estimate of drug-likeness (QED) is 0.724. The van der Waals surface area contributed by atoms with E-state index in [1.54, 1.807) is 11.8 Å². The predicted molar refractivity (Wildman–Crippen MR) is 106 cm³/mol. The predicted octanol–water partition coefficient (Wildman–Crippen LogP) is 3.57. The first kappa shape index (κ1) is 18.9. The Kier molecular flexibility index (Phi) is 5.44. The Balaban J connectivity index is 1.77. The number of aromatic nitrogens is 3. The summed E-state index contributed by atoms with van der Waals surface area (Å²) in [5.74, 6) is 2.16. The number of hydrogen-bond donors (Lipinski definition) is 1. The second-order valence-electron chi connectivity index (χ2n) is 6.92. The molecule has 1 N–H and O–H groups in total. The standard InChI is InChI=1S/C21H26N4O2/c1-13(12-25-16(4)23-15(3)24-25)21(26)22-14(2)17-10-11-20(27-5)19-9-7-6-8-18(17)19/h6-11,13-14H,12H2,1-5H3,(H,22,26)/t13-,14-/m0/s1. The van der Waals surface area contributed by atoms with Gasteiger partial charge in [-0.05, 0) is 37.8 Å². The zero-order valence-electron chi connectivity index (χ0n) is 16.5. The van der Waals surface area contributed by atoms with Gasteiger partial charge in [-0.2, -0.15) is 5.10 Å². The molecular weight excluding hydrogens is 340 g/mol. The number of methoxy groups -OCH3 is 1. The van der Waals surface area contributed by atoms with Crippen LogP contribution in [0.15, 0.2) is 36.4 Å². The van der Waals surface area contributed by atoms with Gasteiger partial charge in [0.1, 0.15) is 17.4 Å². The number of benzene rings is 2. The molecule has 27 heavy (non-hydrogen) atoms. The van der Waals surface area contributed by atoms with E-state index in [9.17, 15) is 4.79 Å². The molecule has 1 amide bonds. The fourth-order valence-corrected chi connectivity index (χ4v) is 3.36. The van der Waals surface area contributed by atoms with Crippen molar-refractivity contribution in [3.05, 3.63) is 53.6 Å². The summed E-state index contributed by atoms with van der Waals surface area (Å²) >= 11 is 0. The number of nitrogens with one attached hydrogen (secondary N) is 1. The van der Waals surface area contributed by atoms with Crippen LogP contribution in [0.4, 0.5) is 0 Å². The molecule has 0 fully saturated rings. The highest BCUT2D eigenvalue weighted by atomic mass is 16.5. The van der Waals surface area contributed by atoms with Gasteiger partial charge >= 0.3 is 0 Å². The number of carbonyl (C=O) groups excluding carboxylic acids is 1. The Morgan fingerprint density at radius 2 is 1.85 bits per heavy atom. The topological polar surface area (TPSA) is 69.0 Å². The molecule has 6 nitrogen and oxygen atoms in total. The molecule has 0 aliphatic rings. The molecular formula is C21H26N4O2. The number of hydrogen-bond acceptors (Lipinski definition) is 4. The van der Waals surface area contributed by atoms with E-state index < -0.39 is 0 Å². The Bertz CT molecular complexity index is 964. The van der Waals surface area contributed by atoms with E-state index in [-0.39, 0.29) is 17.9 Å². The van der Waals surface area contributed by atoms with Crippen LogP contribution in [0.3, 0.4) is 0 Å². The van der Waals surface area contributed by atoms with Crippen molar-refractivity contribution in [2.75, 3.05) is 7.11 Å². The second kappa shape index (κ2) is 7.78. The molecule has 0 bridgehead atoms. The number of ether oxygens (including phenoxy) is 1. The van der Waals surface area contributed by atoms with Crippen molar-refractivity contribution < 1.29 is 9.53 Å². The lowest BCUT2D eigenvalue weighted by molar-refractivity contribution is -0.125. The maximum absolute atomic E-state index is 12.7. The summed E-state index contributed by atoms with van der Waals surface area (Å²) in [5, 5.41) is 9.60. The normalized spacial score (nSPS) is 13.4. The molecule has 3 aromatic rings. The van der Waals surface area contributed by atoms with Crippen molar-refractivity contribution in [3.8, 4) is 5.75 Å². The molecule has 1 aromatic heterocycles. The van der Waals surface area contributed by atoms with Crippen LogP contribution >= 0.6 is 0 Å².